The van der Waals surface area contributed by atoms with Crippen LogP contribution >= 0.6 is 15.9 Å². The van der Waals surface area contributed by atoms with Gasteiger partial charge in [-0.2, -0.15) is 0 Å². The number of hydrogen-bond donors (Lipinski definition) is 7. The van der Waals surface area contributed by atoms with Crippen LogP contribution in [0.25, 0.3) is 22.1 Å². The highest BCUT2D eigenvalue weighted by Gasteiger charge is 2.56. The van der Waals surface area contributed by atoms with Crippen LogP contribution in [0.15, 0.2) is 42.0 Å². The summed E-state index contributed by atoms with van der Waals surface area (Å²) in [6.45, 7) is -1.33. The number of anilines is 1. The van der Waals surface area contributed by atoms with Gasteiger partial charge in [0.25, 0.3) is 5.56 Å². The Morgan fingerprint density at radius 1 is 1.05 bits per heavy atom. The maximum Gasteiger partial charge on any atom is 0.694 e. The van der Waals surface area contributed by atoms with Crippen molar-refractivity contribution in [2.45, 2.75) is 48.6 Å². The van der Waals surface area contributed by atoms with Crippen molar-refractivity contribution in [3.63, 3.8) is 0 Å². The minimum atomic E-state index is -4.91. The summed E-state index contributed by atoms with van der Waals surface area (Å²) in [7, 11) is -7.99. The van der Waals surface area contributed by atoms with E-state index in [2.05, 4.69) is 24.5 Å². The number of rotatable bonds is 9. The molecule has 43 heavy (non-hydrogen) atoms. The number of aromatic amines is 1. The Kier molecular flexibility index (Phi) is 7.91. The molecule has 4 aromatic rings. The minimum Gasteiger partial charge on any atom is -0.389 e. The number of imidazole rings is 1. The first kappa shape index (κ1) is 29.9. The number of ether oxygens (including phenoxy) is 2. The Labute approximate surface area is 240 Å². The number of pyridine rings is 1. The second-order valence-electron chi connectivity index (χ2n) is 9.90. The van der Waals surface area contributed by atoms with E-state index in [-0.39, 0.29) is 16.9 Å². The zero-order valence-corrected chi connectivity index (χ0v) is 23.6. The first-order valence-electron chi connectivity index (χ1n) is 12.7. The average molecular weight is 642 g/mol. The normalized spacial score (nSPS) is 31.1. The second-order valence-corrected chi connectivity index (χ2v) is 12.6. The summed E-state index contributed by atoms with van der Waals surface area (Å²) in [6, 6.07) is 3.06. The maximum absolute atomic E-state index is 13.7. The van der Waals surface area contributed by atoms with Crippen molar-refractivity contribution < 1.29 is 52.8 Å². The highest BCUT2D eigenvalue weighted by molar-refractivity contribution is 7.53. The Bertz CT molecular complexity index is 1780. The quantitative estimate of drug-likeness (QED) is 0.106. The van der Waals surface area contributed by atoms with Gasteiger partial charge in [-0.1, -0.05) is 0 Å². The molecule has 230 valence electrons. The largest absolute Gasteiger partial charge is 0.694 e. The van der Waals surface area contributed by atoms with Crippen molar-refractivity contribution >= 4 is 43.7 Å². The van der Waals surface area contributed by atoms with Crippen molar-refractivity contribution in [1.29, 1.82) is 0 Å². The molecule has 0 aliphatic carbocycles. The average Bonchev–Trinajstić information content (AvgIpc) is 3.72. The third-order valence-corrected chi connectivity index (χ3v) is 9.62. The van der Waals surface area contributed by atoms with Crippen LogP contribution in [-0.4, -0.2) is 104 Å². The summed E-state index contributed by atoms with van der Waals surface area (Å²) in [6.07, 6.45) is -4.87. The van der Waals surface area contributed by atoms with Crippen molar-refractivity contribution in [2.24, 2.45) is 0 Å². The number of aromatic nitrogens is 6. The molecule has 2 aliphatic heterocycles. The molecule has 6 rings (SSSR count). The first-order chi connectivity index (χ1) is 20.5. The molecule has 2 unspecified atom stereocenters. The summed E-state index contributed by atoms with van der Waals surface area (Å²) < 4.78 is 49.1. The lowest BCUT2D eigenvalue weighted by molar-refractivity contribution is -0.0492. The third-order valence-electron chi connectivity index (χ3n) is 7.42. The highest BCUT2D eigenvalue weighted by atomic mass is 31.2. The predicted molar refractivity (Wildman–Crippen MR) is 143 cm³/mol. The molecular formula is C22H26N7O12P2+. The molecule has 0 spiro atoms. The van der Waals surface area contributed by atoms with Crippen LogP contribution in [-0.2, 0) is 27.7 Å². The van der Waals surface area contributed by atoms with Gasteiger partial charge < -0.3 is 54.1 Å². The van der Waals surface area contributed by atoms with Crippen molar-refractivity contribution in [2.75, 3.05) is 18.9 Å². The number of fused-ring (bicyclic) bond motifs is 2. The van der Waals surface area contributed by atoms with Crippen LogP contribution in [0.4, 0.5) is 5.82 Å². The monoisotopic (exact) mass is 642 g/mol. The Hall–Kier alpha value is -3.19. The Morgan fingerprint density at radius 3 is 2.56 bits per heavy atom. The summed E-state index contributed by atoms with van der Waals surface area (Å²) in [5.74, 6) is 0.189. The Morgan fingerprint density at radius 2 is 1.79 bits per heavy atom. The lowest BCUT2D eigenvalue weighted by Crippen LogP contribution is -2.36. The summed E-state index contributed by atoms with van der Waals surface area (Å²) in [4.78, 5) is 46.9. The van der Waals surface area contributed by atoms with Gasteiger partial charge in [-0.15, -0.1) is 9.42 Å². The van der Waals surface area contributed by atoms with E-state index in [9.17, 15) is 34.1 Å². The van der Waals surface area contributed by atoms with Gasteiger partial charge in [0.15, 0.2) is 18.0 Å². The van der Waals surface area contributed by atoms with E-state index in [0.29, 0.717) is 11.0 Å². The number of H-pyrrole nitrogens is 1. The maximum atomic E-state index is 13.7. The fraction of sp³-hybridized carbons (Fsp3) is 0.455. The van der Waals surface area contributed by atoms with Crippen LogP contribution in [0.3, 0.4) is 0 Å². The molecule has 2 saturated heterocycles. The fourth-order valence-electron chi connectivity index (χ4n) is 5.32. The zero-order valence-electron chi connectivity index (χ0n) is 21.8. The van der Waals surface area contributed by atoms with Gasteiger partial charge in [0.2, 0.25) is 0 Å². The minimum absolute atomic E-state index is 0.0155. The predicted octanol–water partition coefficient (Wildman–Crippen LogP) is -1.13. The molecular weight excluding hydrogens is 616 g/mol. The molecule has 2 aliphatic rings. The summed E-state index contributed by atoms with van der Waals surface area (Å²) in [5, 5.41) is 32.9. The number of nitrogens with one attached hydrogen (secondary N) is 1. The SMILES string of the molecule is Nc1ncnc2c1ccn2[C@@H]1O[C@H](COP(=O)(O)[C@@H]2[C@H](O)[C@@H](CO[P+](=O)O)O[C@H]2n2cnc3c(=O)[nH]ccc32)[C@@H](O)[C@H]1O. The first-order valence-corrected chi connectivity index (χ1v) is 15.5. The van der Waals surface area contributed by atoms with Crippen molar-refractivity contribution in [3.8, 4) is 0 Å². The summed E-state index contributed by atoms with van der Waals surface area (Å²) >= 11 is 0. The van der Waals surface area contributed by atoms with Crippen LogP contribution in [0.5, 0.6) is 0 Å². The third kappa shape index (κ3) is 5.28. The van der Waals surface area contributed by atoms with E-state index in [1.165, 1.54) is 40.2 Å². The summed E-state index contributed by atoms with van der Waals surface area (Å²) in [5.41, 5.74) is 4.10. The van der Waals surface area contributed by atoms with Crippen LogP contribution in [0.2, 0.25) is 0 Å². The molecule has 0 bridgehead atoms. The molecule has 10 atom stereocenters. The molecule has 6 heterocycles. The van der Waals surface area contributed by atoms with Crippen molar-refractivity contribution in [3.05, 3.63) is 47.5 Å². The fourth-order valence-corrected chi connectivity index (χ4v) is 7.25. The van der Waals surface area contributed by atoms with E-state index in [1.54, 1.807) is 6.07 Å². The van der Waals surface area contributed by atoms with Gasteiger partial charge in [-0.3, -0.25) is 9.36 Å². The van der Waals surface area contributed by atoms with E-state index in [4.69, 9.17) is 24.6 Å². The number of nitrogens with zero attached hydrogens (tertiary/aromatic N) is 5. The van der Waals surface area contributed by atoms with E-state index in [0.717, 1.165) is 0 Å². The molecule has 19 nitrogen and oxygen atoms in total. The smallest absolute Gasteiger partial charge is 0.389 e. The molecule has 2 fully saturated rings. The molecule has 0 radical (unpaired) electrons. The standard InChI is InChI=1S/C22H25N7O12P2/c23-18-9-2-4-28(19(9)26-7-25-18)21-16(32)14(30)12(40-21)6-39-43(36,37)17-15(31)11(5-38-42(34)35)41-22(17)29-8-27-13-10(29)1-3-24-20(13)33/h1-4,7-8,11-12,14-17,21-22,30-32H,5-6H2,(H4-,23,24,25,26,33,34,35,36,37)/p+1/t11-,12-,14-,15-,16-,17-,21-,22-/m1/s1. The second kappa shape index (κ2) is 11.4. The van der Waals surface area contributed by atoms with Crippen LogP contribution in [0.1, 0.15) is 12.5 Å². The highest BCUT2D eigenvalue weighted by Crippen LogP contribution is 2.57. The number of aliphatic hydroxyl groups is 3. The molecule has 4 aromatic heterocycles. The van der Waals surface area contributed by atoms with Gasteiger partial charge in [0.05, 0.1) is 23.8 Å². The Balaban J connectivity index is 1.25. The lowest BCUT2D eigenvalue weighted by Gasteiger charge is -2.27. The van der Waals surface area contributed by atoms with E-state index < -0.39 is 83.3 Å². The molecule has 0 saturated carbocycles. The van der Waals surface area contributed by atoms with Gasteiger partial charge in [0, 0.05) is 17.0 Å². The van der Waals surface area contributed by atoms with Gasteiger partial charge in [0.1, 0.15) is 60.6 Å². The molecule has 0 aromatic carbocycles. The van der Waals surface area contributed by atoms with Gasteiger partial charge in [-0.05, 0) is 12.1 Å². The van der Waals surface area contributed by atoms with E-state index >= 15 is 0 Å². The van der Waals surface area contributed by atoms with Crippen molar-refractivity contribution in [1.82, 2.24) is 29.1 Å². The number of nitrogens with two attached hydrogens (primary N) is 1. The number of hydrogen-bond acceptors (Lipinski definition) is 14. The molecule has 0 amide bonds. The number of aliphatic hydroxyl groups excluding tert-OH is 3. The lowest BCUT2D eigenvalue weighted by atomic mass is 10.1. The van der Waals surface area contributed by atoms with Crippen LogP contribution in [0, 0.1) is 0 Å². The molecule has 21 heteroatoms. The van der Waals surface area contributed by atoms with Crippen LogP contribution < -0.4 is 11.3 Å². The topological polar surface area (TPSA) is 280 Å². The number of nitrogen functional groups attached to an aromatic ring is 1. The van der Waals surface area contributed by atoms with Gasteiger partial charge in [-0.25, -0.2) is 15.0 Å². The molecule has 8 N–H and O–H groups in total. The van der Waals surface area contributed by atoms with Gasteiger partial charge >= 0.3 is 15.9 Å². The van der Waals surface area contributed by atoms with E-state index in [1.807, 2.05) is 0 Å². The zero-order chi connectivity index (χ0) is 30.6.